The standard InChI is InChI=1S/C16H25N3O4S/c1-14-4-3-5-15(12-14)19(24(2,21)22)13-16(20)17-6-7-18-8-10-23-11-9-18/h3-5,12H,6-11,13H2,1-2H3,(H,17,20). The second kappa shape index (κ2) is 8.46. The van der Waals surface area contributed by atoms with Gasteiger partial charge in [-0.15, -0.1) is 0 Å². The number of amides is 1. The molecule has 0 radical (unpaired) electrons. The Bertz CT molecular complexity index is 657. The fourth-order valence-corrected chi connectivity index (χ4v) is 3.40. The molecule has 1 fully saturated rings. The zero-order valence-corrected chi connectivity index (χ0v) is 15.0. The van der Waals surface area contributed by atoms with Gasteiger partial charge in [-0.2, -0.15) is 0 Å². The van der Waals surface area contributed by atoms with Gasteiger partial charge in [-0.3, -0.25) is 14.0 Å². The summed E-state index contributed by atoms with van der Waals surface area (Å²) in [5, 5.41) is 2.79. The predicted molar refractivity (Wildman–Crippen MR) is 93.6 cm³/mol. The molecule has 0 spiro atoms. The second-order valence-electron chi connectivity index (χ2n) is 5.91. The molecule has 24 heavy (non-hydrogen) atoms. The molecule has 1 heterocycles. The Morgan fingerprint density at radius 1 is 1.33 bits per heavy atom. The minimum absolute atomic E-state index is 0.217. The van der Waals surface area contributed by atoms with E-state index in [1.807, 2.05) is 13.0 Å². The molecule has 1 amide bonds. The number of carbonyl (C=O) groups is 1. The lowest BCUT2D eigenvalue weighted by Gasteiger charge is -2.27. The Morgan fingerprint density at radius 2 is 2.04 bits per heavy atom. The number of nitrogens with one attached hydrogen (secondary N) is 1. The molecule has 2 rings (SSSR count). The van der Waals surface area contributed by atoms with Crippen molar-refractivity contribution in [1.82, 2.24) is 10.2 Å². The number of rotatable bonds is 7. The minimum Gasteiger partial charge on any atom is -0.379 e. The first-order valence-corrected chi connectivity index (χ1v) is 9.82. The lowest BCUT2D eigenvalue weighted by Crippen LogP contribution is -2.44. The predicted octanol–water partition coefficient (Wildman–Crippen LogP) is 0.209. The van der Waals surface area contributed by atoms with Crippen molar-refractivity contribution in [3.63, 3.8) is 0 Å². The molecule has 0 atom stereocenters. The van der Waals surface area contributed by atoms with Crippen LogP contribution >= 0.6 is 0 Å². The highest BCUT2D eigenvalue weighted by atomic mass is 32.2. The number of carbonyl (C=O) groups excluding carboxylic acids is 1. The van der Waals surface area contributed by atoms with E-state index in [1.54, 1.807) is 18.2 Å². The highest BCUT2D eigenvalue weighted by molar-refractivity contribution is 7.92. The molecule has 1 N–H and O–H groups in total. The third kappa shape index (κ3) is 5.77. The SMILES string of the molecule is Cc1cccc(N(CC(=O)NCCN2CCOCC2)S(C)(=O)=O)c1. The third-order valence-electron chi connectivity index (χ3n) is 3.83. The van der Waals surface area contributed by atoms with E-state index in [4.69, 9.17) is 4.74 Å². The van der Waals surface area contributed by atoms with E-state index in [0.717, 1.165) is 35.8 Å². The molecule has 1 aromatic carbocycles. The van der Waals surface area contributed by atoms with Crippen LogP contribution in [-0.4, -0.2) is 71.4 Å². The number of benzene rings is 1. The van der Waals surface area contributed by atoms with Gasteiger partial charge in [0.25, 0.3) is 0 Å². The van der Waals surface area contributed by atoms with Crippen LogP contribution in [0.5, 0.6) is 0 Å². The van der Waals surface area contributed by atoms with Crippen LogP contribution in [0.15, 0.2) is 24.3 Å². The van der Waals surface area contributed by atoms with Crippen molar-refractivity contribution in [1.29, 1.82) is 0 Å². The molecule has 1 aliphatic heterocycles. The third-order valence-corrected chi connectivity index (χ3v) is 4.97. The molecule has 1 aromatic rings. The fourth-order valence-electron chi connectivity index (χ4n) is 2.55. The van der Waals surface area contributed by atoms with Crippen molar-refractivity contribution < 1.29 is 17.9 Å². The normalized spacial score (nSPS) is 15.9. The van der Waals surface area contributed by atoms with E-state index >= 15 is 0 Å². The van der Waals surface area contributed by atoms with Gasteiger partial charge < -0.3 is 10.1 Å². The van der Waals surface area contributed by atoms with Gasteiger partial charge in [-0.05, 0) is 24.6 Å². The maximum Gasteiger partial charge on any atom is 0.240 e. The van der Waals surface area contributed by atoms with E-state index in [0.29, 0.717) is 25.4 Å². The maximum absolute atomic E-state index is 12.1. The highest BCUT2D eigenvalue weighted by Gasteiger charge is 2.21. The molecular weight excluding hydrogens is 330 g/mol. The molecule has 1 saturated heterocycles. The molecular formula is C16H25N3O4S. The van der Waals surface area contributed by atoms with Crippen LogP contribution in [0.25, 0.3) is 0 Å². The quantitative estimate of drug-likeness (QED) is 0.756. The number of ether oxygens (including phenoxy) is 1. The summed E-state index contributed by atoms with van der Waals surface area (Å²) in [4.78, 5) is 14.3. The van der Waals surface area contributed by atoms with Crippen molar-refractivity contribution in [3.8, 4) is 0 Å². The van der Waals surface area contributed by atoms with Crippen molar-refractivity contribution in [2.24, 2.45) is 0 Å². The lowest BCUT2D eigenvalue weighted by molar-refractivity contribution is -0.119. The lowest BCUT2D eigenvalue weighted by atomic mass is 10.2. The van der Waals surface area contributed by atoms with Crippen LogP contribution in [0.4, 0.5) is 5.69 Å². The maximum atomic E-state index is 12.1. The molecule has 134 valence electrons. The first-order chi connectivity index (χ1) is 11.4. The van der Waals surface area contributed by atoms with Gasteiger partial charge in [0.15, 0.2) is 0 Å². The van der Waals surface area contributed by atoms with E-state index in [9.17, 15) is 13.2 Å². The number of sulfonamides is 1. The van der Waals surface area contributed by atoms with Gasteiger partial charge in [0, 0.05) is 26.2 Å². The summed E-state index contributed by atoms with van der Waals surface area (Å²) in [5.74, 6) is -0.310. The Labute approximate surface area is 143 Å². The molecule has 1 aliphatic rings. The number of hydrogen-bond donors (Lipinski definition) is 1. The van der Waals surface area contributed by atoms with E-state index in [-0.39, 0.29) is 12.5 Å². The number of aryl methyl sites for hydroxylation is 1. The molecule has 0 aromatic heterocycles. The molecule has 8 heteroatoms. The van der Waals surface area contributed by atoms with Crippen LogP contribution in [-0.2, 0) is 19.6 Å². The largest absolute Gasteiger partial charge is 0.379 e. The Balaban J connectivity index is 1.90. The van der Waals surface area contributed by atoms with Crippen LogP contribution in [0, 0.1) is 6.92 Å². The number of hydrogen-bond acceptors (Lipinski definition) is 5. The van der Waals surface area contributed by atoms with E-state index < -0.39 is 10.0 Å². The average molecular weight is 355 g/mol. The molecule has 0 unspecified atom stereocenters. The van der Waals surface area contributed by atoms with Gasteiger partial charge in [0.2, 0.25) is 15.9 Å². The van der Waals surface area contributed by atoms with Gasteiger partial charge in [0.1, 0.15) is 6.54 Å². The summed E-state index contributed by atoms with van der Waals surface area (Å²) in [6, 6.07) is 7.10. The second-order valence-corrected chi connectivity index (χ2v) is 7.82. The summed E-state index contributed by atoms with van der Waals surface area (Å²) < 4.78 is 30.4. The Kier molecular flexibility index (Phi) is 6.59. The molecule has 7 nitrogen and oxygen atoms in total. The van der Waals surface area contributed by atoms with Crippen molar-refractivity contribution >= 4 is 21.6 Å². The first-order valence-electron chi connectivity index (χ1n) is 7.97. The van der Waals surface area contributed by atoms with Gasteiger partial charge in [-0.25, -0.2) is 8.42 Å². The molecule has 0 aliphatic carbocycles. The Hall–Kier alpha value is -1.64. The van der Waals surface area contributed by atoms with Crippen molar-refractivity contribution in [2.45, 2.75) is 6.92 Å². The average Bonchev–Trinajstić information content (AvgIpc) is 2.52. The van der Waals surface area contributed by atoms with Gasteiger partial charge in [-0.1, -0.05) is 12.1 Å². The number of anilines is 1. The Morgan fingerprint density at radius 3 is 2.67 bits per heavy atom. The summed E-state index contributed by atoms with van der Waals surface area (Å²) in [7, 11) is -3.53. The monoisotopic (exact) mass is 355 g/mol. The number of morpholine rings is 1. The van der Waals surface area contributed by atoms with Crippen molar-refractivity contribution in [2.75, 3.05) is 56.5 Å². The zero-order valence-electron chi connectivity index (χ0n) is 14.2. The topological polar surface area (TPSA) is 79.0 Å². The summed E-state index contributed by atoms with van der Waals surface area (Å²) in [6.45, 7) is 6.02. The fraction of sp³-hybridized carbons (Fsp3) is 0.562. The smallest absolute Gasteiger partial charge is 0.240 e. The minimum atomic E-state index is -3.53. The van der Waals surface area contributed by atoms with Crippen LogP contribution < -0.4 is 9.62 Å². The van der Waals surface area contributed by atoms with Gasteiger partial charge in [0.05, 0.1) is 25.2 Å². The molecule has 0 bridgehead atoms. The highest BCUT2D eigenvalue weighted by Crippen LogP contribution is 2.18. The van der Waals surface area contributed by atoms with Crippen LogP contribution in [0.3, 0.4) is 0 Å². The summed E-state index contributed by atoms with van der Waals surface area (Å²) >= 11 is 0. The summed E-state index contributed by atoms with van der Waals surface area (Å²) in [5.41, 5.74) is 1.44. The van der Waals surface area contributed by atoms with Crippen molar-refractivity contribution in [3.05, 3.63) is 29.8 Å². The summed E-state index contributed by atoms with van der Waals surface area (Å²) in [6.07, 6.45) is 1.11. The van der Waals surface area contributed by atoms with Gasteiger partial charge >= 0.3 is 0 Å². The zero-order chi connectivity index (χ0) is 17.6. The number of nitrogens with zero attached hydrogens (tertiary/aromatic N) is 2. The molecule has 0 saturated carbocycles. The van der Waals surface area contributed by atoms with Crippen LogP contribution in [0.2, 0.25) is 0 Å². The first kappa shape index (κ1) is 18.7. The van der Waals surface area contributed by atoms with E-state index in [2.05, 4.69) is 10.2 Å². The van der Waals surface area contributed by atoms with Crippen LogP contribution in [0.1, 0.15) is 5.56 Å². The van der Waals surface area contributed by atoms with E-state index in [1.165, 1.54) is 0 Å².